The number of methoxy groups -OCH3 is 1. The van der Waals surface area contributed by atoms with E-state index >= 15 is 0 Å². The van der Waals surface area contributed by atoms with Gasteiger partial charge in [-0.2, -0.15) is 0 Å². The Kier molecular flexibility index (Phi) is 5.29. The summed E-state index contributed by atoms with van der Waals surface area (Å²) in [6, 6.07) is 9.55. The number of carbonyl (C=O) groups excluding carboxylic acids is 1. The molecule has 0 aliphatic rings. The summed E-state index contributed by atoms with van der Waals surface area (Å²) in [5, 5.41) is 3.13. The summed E-state index contributed by atoms with van der Waals surface area (Å²) < 4.78 is 4.70. The van der Waals surface area contributed by atoms with Gasteiger partial charge >= 0.3 is 5.97 Å². The average molecular weight is 219 g/mol. The Morgan fingerprint density at radius 1 is 1.44 bits per heavy atom. The Balaban J connectivity index is 2.53. The zero-order valence-corrected chi connectivity index (χ0v) is 9.64. The largest absolute Gasteiger partial charge is 0.468 e. The van der Waals surface area contributed by atoms with E-state index in [0.717, 1.165) is 5.56 Å². The second-order valence-electron chi connectivity index (χ2n) is 3.39. The molecule has 0 radical (unpaired) electrons. The molecule has 0 spiro atoms. The molecule has 0 fully saturated rings. The standard InChI is InChI=1S/C13H17NO2/c1-3-7-12(13(15)16-2)14-10-11-8-5-4-6-9-11/h3-9,12,14H,10H2,1-2H3/b7-3+. The van der Waals surface area contributed by atoms with Gasteiger partial charge in [0.1, 0.15) is 6.04 Å². The number of benzene rings is 1. The van der Waals surface area contributed by atoms with Crippen LogP contribution in [0.2, 0.25) is 0 Å². The summed E-state index contributed by atoms with van der Waals surface area (Å²) in [6.45, 7) is 2.52. The minimum absolute atomic E-state index is 0.269. The molecule has 1 rings (SSSR count). The van der Waals surface area contributed by atoms with Crippen molar-refractivity contribution in [1.29, 1.82) is 0 Å². The van der Waals surface area contributed by atoms with Crippen molar-refractivity contribution < 1.29 is 9.53 Å². The van der Waals surface area contributed by atoms with Gasteiger partial charge in [0, 0.05) is 6.54 Å². The third kappa shape index (κ3) is 3.87. The first-order valence-corrected chi connectivity index (χ1v) is 5.26. The number of esters is 1. The van der Waals surface area contributed by atoms with Gasteiger partial charge in [-0.05, 0) is 12.5 Å². The maximum atomic E-state index is 11.4. The van der Waals surface area contributed by atoms with Crippen LogP contribution in [-0.2, 0) is 16.1 Å². The number of rotatable bonds is 5. The Morgan fingerprint density at radius 3 is 2.69 bits per heavy atom. The van der Waals surface area contributed by atoms with Crippen LogP contribution in [0.1, 0.15) is 12.5 Å². The van der Waals surface area contributed by atoms with E-state index in [1.807, 2.05) is 43.3 Å². The summed E-state index contributed by atoms with van der Waals surface area (Å²) in [6.07, 6.45) is 3.62. The van der Waals surface area contributed by atoms with Crippen molar-refractivity contribution >= 4 is 5.97 Å². The lowest BCUT2D eigenvalue weighted by molar-refractivity contribution is -0.141. The topological polar surface area (TPSA) is 38.3 Å². The normalized spacial score (nSPS) is 12.6. The van der Waals surface area contributed by atoms with Crippen LogP contribution in [0.15, 0.2) is 42.5 Å². The fourth-order valence-corrected chi connectivity index (χ4v) is 1.37. The Hall–Kier alpha value is -1.61. The highest BCUT2D eigenvalue weighted by Crippen LogP contribution is 1.99. The van der Waals surface area contributed by atoms with Crippen LogP contribution < -0.4 is 5.32 Å². The van der Waals surface area contributed by atoms with E-state index in [1.54, 1.807) is 6.08 Å². The van der Waals surface area contributed by atoms with Gasteiger partial charge < -0.3 is 4.74 Å². The first-order chi connectivity index (χ1) is 7.77. The number of hydrogen-bond acceptors (Lipinski definition) is 3. The highest BCUT2D eigenvalue weighted by molar-refractivity contribution is 5.77. The maximum Gasteiger partial charge on any atom is 0.326 e. The average Bonchev–Trinajstić information content (AvgIpc) is 2.34. The number of allylic oxidation sites excluding steroid dienone is 1. The zero-order valence-electron chi connectivity index (χ0n) is 9.64. The van der Waals surface area contributed by atoms with Crippen molar-refractivity contribution in [2.24, 2.45) is 0 Å². The summed E-state index contributed by atoms with van der Waals surface area (Å²) in [5.74, 6) is -0.269. The molecule has 0 aromatic heterocycles. The van der Waals surface area contributed by atoms with Crippen molar-refractivity contribution in [2.75, 3.05) is 7.11 Å². The molecule has 1 N–H and O–H groups in total. The van der Waals surface area contributed by atoms with Crippen molar-refractivity contribution in [2.45, 2.75) is 19.5 Å². The lowest BCUT2D eigenvalue weighted by Crippen LogP contribution is -2.35. The summed E-state index contributed by atoms with van der Waals surface area (Å²) in [5.41, 5.74) is 1.14. The highest BCUT2D eigenvalue weighted by atomic mass is 16.5. The Labute approximate surface area is 96.1 Å². The molecule has 86 valence electrons. The lowest BCUT2D eigenvalue weighted by Gasteiger charge is -2.12. The molecule has 0 saturated heterocycles. The molecule has 0 amide bonds. The van der Waals surface area contributed by atoms with Gasteiger partial charge in [-0.1, -0.05) is 42.5 Å². The van der Waals surface area contributed by atoms with Crippen LogP contribution in [0.5, 0.6) is 0 Å². The van der Waals surface area contributed by atoms with Crippen molar-refractivity contribution in [3.8, 4) is 0 Å². The molecule has 16 heavy (non-hydrogen) atoms. The minimum Gasteiger partial charge on any atom is -0.468 e. The SMILES string of the molecule is C/C=C/C(NCc1ccccc1)C(=O)OC. The summed E-state index contributed by atoms with van der Waals surface area (Å²) >= 11 is 0. The third-order valence-corrected chi connectivity index (χ3v) is 2.21. The maximum absolute atomic E-state index is 11.4. The molecule has 0 saturated carbocycles. The number of ether oxygens (including phenoxy) is 1. The molecular weight excluding hydrogens is 202 g/mol. The highest BCUT2D eigenvalue weighted by Gasteiger charge is 2.14. The van der Waals surface area contributed by atoms with Crippen LogP contribution in [0, 0.1) is 0 Å². The minimum atomic E-state index is -0.379. The number of carbonyl (C=O) groups is 1. The number of hydrogen-bond donors (Lipinski definition) is 1. The fraction of sp³-hybridized carbons (Fsp3) is 0.308. The Bertz CT molecular complexity index is 346. The van der Waals surface area contributed by atoms with E-state index in [9.17, 15) is 4.79 Å². The first kappa shape index (κ1) is 12.5. The van der Waals surface area contributed by atoms with Crippen molar-refractivity contribution in [3.05, 3.63) is 48.0 Å². The van der Waals surface area contributed by atoms with E-state index in [0.29, 0.717) is 6.54 Å². The molecule has 0 aliphatic carbocycles. The molecule has 0 heterocycles. The van der Waals surface area contributed by atoms with E-state index in [2.05, 4.69) is 5.32 Å². The monoisotopic (exact) mass is 219 g/mol. The van der Waals surface area contributed by atoms with Crippen LogP contribution in [0.3, 0.4) is 0 Å². The van der Waals surface area contributed by atoms with Gasteiger partial charge in [-0.15, -0.1) is 0 Å². The lowest BCUT2D eigenvalue weighted by atomic mass is 10.2. The van der Waals surface area contributed by atoms with Gasteiger partial charge in [-0.3, -0.25) is 10.1 Å². The zero-order chi connectivity index (χ0) is 11.8. The molecule has 1 aromatic rings. The molecule has 0 bridgehead atoms. The van der Waals surface area contributed by atoms with Crippen molar-refractivity contribution in [3.63, 3.8) is 0 Å². The summed E-state index contributed by atoms with van der Waals surface area (Å²) in [4.78, 5) is 11.4. The number of nitrogens with one attached hydrogen (secondary N) is 1. The van der Waals surface area contributed by atoms with Crippen LogP contribution >= 0.6 is 0 Å². The quantitative estimate of drug-likeness (QED) is 0.607. The third-order valence-electron chi connectivity index (χ3n) is 2.21. The van der Waals surface area contributed by atoms with E-state index in [1.165, 1.54) is 7.11 Å². The van der Waals surface area contributed by atoms with Gasteiger partial charge in [0.25, 0.3) is 0 Å². The second kappa shape index (κ2) is 6.80. The van der Waals surface area contributed by atoms with Gasteiger partial charge in [0.2, 0.25) is 0 Å². The molecular formula is C13H17NO2. The molecule has 0 aliphatic heterocycles. The smallest absolute Gasteiger partial charge is 0.326 e. The van der Waals surface area contributed by atoms with Gasteiger partial charge in [0.15, 0.2) is 0 Å². The van der Waals surface area contributed by atoms with E-state index in [4.69, 9.17) is 4.74 Å². The molecule has 1 unspecified atom stereocenters. The van der Waals surface area contributed by atoms with Crippen molar-refractivity contribution in [1.82, 2.24) is 5.32 Å². The van der Waals surface area contributed by atoms with Gasteiger partial charge in [0.05, 0.1) is 7.11 Å². The molecule has 3 nitrogen and oxygen atoms in total. The fourth-order valence-electron chi connectivity index (χ4n) is 1.37. The van der Waals surface area contributed by atoms with E-state index in [-0.39, 0.29) is 12.0 Å². The molecule has 3 heteroatoms. The Morgan fingerprint density at radius 2 is 2.12 bits per heavy atom. The second-order valence-corrected chi connectivity index (χ2v) is 3.39. The molecule has 1 atom stereocenters. The first-order valence-electron chi connectivity index (χ1n) is 5.26. The summed E-state index contributed by atoms with van der Waals surface area (Å²) in [7, 11) is 1.39. The van der Waals surface area contributed by atoms with Gasteiger partial charge in [-0.25, -0.2) is 0 Å². The van der Waals surface area contributed by atoms with E-state index < -0.39 is 0 Å². The van der Waals surface area contributed by atoms with Crippen LogP contribution in [0.25, 0.3) is 0 Å². The van der Waals surface area contributed by atoms with Crippen LogP contribution in [0.4, 0.5) is 0 Å². The predicted molar refractivity (Wildman–Crippen MR) is 63.9 cm³/mol. The predicted octanol–water partition coefficient (Wildman–Crippen LogP) is 1.89. The van der Waals surface area contributed by atoms with Crippen LogP contribution in [-0.4, -0.2) is 19.1 Å². The molecule has 1 aromatic carbocycles.